The predicted octanol–water partition coefficient (Wildman–Crippen LogP) is 2.01. The first-order valence-electron chi connectivity index (χ1n) is 6.40. The smallest absolute Gasteiger partial charge is 0.222 e. The highest BCUT2D eigenvalue weighted by Crippen LogP contribution is 2.22. The molecule has 1 aliphatic rings. The average molecular weight is 226 g/mol. The molecule has 1 aliphatic heterocycles. The van der Waals surface area contributed by atoms with Crippen molar-refractivity contribution in [2.45, 2.75) is 46.5 Å². The van der Waals surface area contributed by atoms with Crippen LogP contribution in [0.4, 0.5) is 0 Å². The second-order valence-corrected chi connectivity index (χ2v) is 6.14. The van der Waals surface area contributed by atoms with Crippen LogP contribution in [0.2, 0.25) is 0 Å². The number of hydrogen-bond donors (Lipinski definition) is 1. The Kier molecular flexibility index (Phi) is 4.78. The lowest BCUT2D eigenvalue weighted by Gasteiger charge is -2.33. The van der Waals surface area contributed by atoms with Gasteiger partial charge in [0.25, 0.3) is 0 Å². The lowest BCUT2D eigenvalue weighted by atomic mass is 9.90. The van der Waals surface area contributed by atoms with Crippen LogP contribution in [0.3, 0.4) is 0 Å². The number of likely N-dealkylation sites (tertiary alicyclic amines) is 1. The van der Waals surface area contributed by atoms with Crippen LogP contribution in [0.25, 0.3) is 0 Å². The minimum atomic E-state index is 0.249. The molecule has 0 bridgehead atoms. The third-order valence-corrected chi connectivity index (χ3v) is 3.29. The molecule has 1 unspecified atom stereocenters. The van der Waals surface area contributed by atoms with Gasteiger partial charge in [-0.1, -0.05) is 20.8 Å². The highest BCUT2D eigenvalue weighted by Gasteiger charge is 2.23. The first-order valence-corrected chi connectivity index (χ1v) is 6.40. The Bertz CT molecular complexity index is 233. The third-order valence-electron chi connectivity index (χ3n) is 3.29. The molecule has 2 N–H and O–H groups in total. The van der Waals surface area contributed by atoms with Crippen molar-refractivity contribution in [3.63, 3.8) is 0 Å². The summed E-state index contributed by atoms with van der Waals surface area (Å²) in [5.74, 6) is 0.834. The SMILES string of the molecule is CC(C)(C)CCC(=O)N1CCCC(CN)C1. The molecule has 1 heterocycles. The van der Waals surface area contributed by atoms with Crippen LogP contribution < -0.4 is 5.73 Å². The van der Waals surface area contributed by atoms with Crippen LogP contribution in [0.15, 0.2) is 0 Å². The van der Waals surface area contributed by atoms with E-state index in [1.54, 1.807) is 0 Å². The van der Waals surface area contributed by atoms with Crippen molar-refractivity contribution in [3.8, 4) is 0 Å². The summed E-state index contributed by atoms with van der Waals surface area (Å²) in [5, 5.41) is 0. The molecule has 94 valence electrons. The van der Waals surface area contributed by atoms with Gasteiger partial charge in [0.2, 0.25) is 5.91 Å². The fraction of sp³-hybridized carbons (Fsp3) is 0.923. The van der Waals surface area contributed by atoms with Gasteiger partial charge >= 0.3 is 0 Å². The summed E-state index contributed by atoms with van der Waals surface area (Å²) in [4.78, 5) is 14.0. The summed E-state index contributed by atoms with van der Waals surface area (Å²) in [6.07, 6.45) is 3.94. The molecule has 0 aromatic rings. The highest BCUT2D eigenvalue weighted by atomic mass is 16.2. The standard InChI is InChI=1S/C13H26N2O/c1-13(2,3)7-6-12(16)15-8-4-5-11(9-14)10-15/h11H,4-10,14H2,1-3H3. The number of amides is 1. The molecule has 0 radical (unpaired) electrons. The first-order chi connectivity index (χ1) is 7.42. The molecule has 16 heavy (non-hydrogen) atoms. The third kappa shape index (κ3) is 4.52. The molecule has 3 heteroatoms. The summed E-state index contributed by atoms with van der Waals surface area (Å²) in [6, 6.07) is 0. The molecule has 0 aromatic carbocycles. The van der Waals surface area contributed by atoms with E-state index < -0.39 is 0 Å². The summed E-state index contributed by atoms with van der Waals surface area (Å²) >= 11 is 0. The van der Waals surface area contributed by atoms with E-state index in [1.807, 2.05) is 4.90 Å². The maximum absolute atomic E-state index is 12.0. The Morgan fingerprint density at radius 1 is 1.44 bits per heavy atom. The van der Waals surface area contributed by atoms with E-state index in [0.717, 1.165) is 25.9 Å². The Morgan fingerprint density at radius 2 is 2.12 bits per heavy atom. The van der Waals surface area contributed by atoms with Crippen molar-refractivity contribution < 1.29 is 4.79 Å². The fourth-order valence-corrected chi connectivity index (χ4v) is 2.12. The van der Waals surface area contributed by atoms with E-state index in [1.165, 1.54) is 6.42 Å². The lowest BCUT2D eigenvalue weighted by molar-refractivity contribution is -0.133. The molecule has 1 saturated heterocycles. The van der Waals surface area contributed by atoms with Gasteiger partial charge in [-0.15, -0.1) is 0 Å². The van der Waals surface area contributed by atoms with Crippen molar-refractivity contribution in [3.05, 3.63) is 0 Å². The molecule has 0 aromatic heterocycles. The number of piperidine rings is 1. The van der Waals surface area contributed by atoms with Crippen LogP contribution in [-0.2, 0) is 4.79 Å². The summed E-state index contributed by atoms with van der Waals surface area (Å²) in [5.41, 5.74) is 5.92. The predicted molar refractivity (Wildman–Crippen MR) is 67.0 cm³/mol. The number of rotatable bonds is 3. The van der Waals surface area contributed by atoms with Gasteiger partial charge in [-0.2, -0.15) is 0 Å². The Balaban J connectivity index is 2.36. The van der Waals surface area contributed by atoms with Crippen LogP contribution in [0.5, 0.6) is 0 Å². The molecular formula is C13H26N2O. The van der Waals surface area contributed by atoms with Gasteiger partial charge in [0.1, 0.15) is 0 Å². The molecule has 0 saturated carbocycles. The van der Waals surface area contributed by atoms with E-state index in [9.17, 15) is 4.79 Å². The minimum Gasteiger partial charge on any atom is -0.342 e. The number of nitrogens with zero attached hydrogens (tertiary/aromatic N) is 1. The Morgan fingerprint density at radius 3 is 2.69 bits per heavy atom. The van der Waals surface area contributed by atoms with E-state index in [4.69, 9.17) is 5.73 Å². The normalized spacial score (nSPS) is 22.2. The van der Waals surface area contributed by atoms with E-state index >= 15 is 0 Å². The second-order valence-electron chi connectivity index (χ2n) is 6.14. The van der Waals surface area contributed by atoms with Crippen LogP contribution in [0, 0.1) is 11.3 Å². The second kappa shape index (κ2) is 5.67. The first kappa shape index (κ1) is 13.5. The van der Waals surface area contributed by atoms with Crippen LogP contribution in [-0.4, -0.2) is 30.4 Å². The molecule has 1 atom stereocenters. The molecule has 0 aliphatic carbocycles. The number of nitrogens with two attached hydrogens (primary N) is 1. The van der Waals surface area contributed by atoms with Gasteiger partial charge in [0.15, 0.2) is 0 Å². The van der Waals surface area contributed by atoms with Gasteiger partial charge in [0, 0.05) is 19.5 Å². The zero-order valence-corrected chi connectivity index (χ0v) is 11.0. The summed E-state index contributed by atoms with van der Waals surface area (Å²) in [6.45, 7) is 9.06. The minimum absolute atomic E-state index is 0.249. The maximum Gasteiger partial charge on any atom is 0.222 e. The van der Waals surface area contributed by atoms with Gasteiger partial charge in [0.05, 0.1) is 0 Å². The van der Waals surface area contributed by atoms with Crippen molar-refractivity contribution in [2.75, 3.05) is 19.6 Å². The van der Waals surface area contributed by atoms with Crippen molar-refractivity contribution in [1.29, 1.82) is 0 Å². The average Bonchev–Trinajstić information content (AvgIpc) is 2.25. The van der Waals surface area contributed by atoms with Crippen molar-refractivity contribution in [2.24, 2.45) is 17.1 Å². The molecular weight excluding hydrogens is 200 g/mol. The van der Waals surface area contributed by atoms with Crippen LogP contribution >= 0.6 is 0 Å². The van der Waals surface area contributed by atoms with Crippen LogP contribution in [0.1, 0.15) is 46.5 Å². The van der Waals surface area contributed by atoms with E-state index in [2.05, 4.69) is 20.8 Å². The molecule has 1 amide bonds. The summed E-state index contributed by atoms with van der Waals surface area (Å²) in [7, 11) is 0. The molecule has 1 rings (SSSR count). The van der Waals surface area contributed by atoms with Gasteiger partial charge in [-0.05, 0) is 37.1 Å². The quantitative estimate of drug-likeness (QED) is 0.800. The highest BCUT2D eigenvalue weighted by molar-refractivity contribution is 5.76. The molecule has 3 nitrogen and oxygen atoms in total. The van der Waals surface area contributed by atoms with Crippen molar-refractivity contribution in [1.82, 2.24) is 4.90 Å². The van der Waals surface area contributed by atoms with Gasteiger partial charge < -0.3 is 10.6 Å². The van der Waals surface area contributed by atoms with Crippen molar-refractivity contribution >= 4 is 5.91 Å². The molecule has 1 fully saturated rings. The van der Waals surface area contributed by atoms with Gasteiger partial charge in [-0.25, -0.2) is 0 Å². The van der Waals surface area contributed by atoms with E-state index in [0.29, 0.717) is 24.8 Å². The monoisotopic (exact) mass is 226 g/mol. The molecule has 0 spiro atoms. The zero-order valence-electron chi connectivity index (χ0n) is 11.0. The summed E-state index contributed by atoms with van der Waals surface area (Å²) < 4.78 is 0. The number of carbonyl (C=O) groups excluding carboxylic acids is 1. The van der Waals surface area contributed by atoms with Gasteiger partial charge in [-0.3, -0.25) is 4.79 Å². The zero-order chi connectivity index (χ0) is 12.2. The topological polar surface area (TPSA) is 46.3 Å². The Labute approximate surface area is 99.4 Å². The van der Waals surface area contributed by atoms with E-state index in [-0.39, 0.29) is 5.41 Å². The fourth-order valence-electron chi connectivity index (χ4n) is 2.12. The largest absolute Gasteiger partial charge is 0.342 e. The lowest BCUT2D eigenvalue weighted by Crippen LogP contribution is -2.42. The number of hydrogen-bond acceptors (Lipinski definition) is 2. The Hall–Kier alpha value is -0.570. The number of carbonyl (C=O) groups is 1. The maximum atomic E-state index is 12.0.